The summed E-state index contributed by atoms with van der Waals surface area (Å²) in [6.45, 7) is 8.95. The van der Waals surface area contributed by atoms with E-state index in [0.29, 0.717) is 18.0 Å². The minimum Gasteiger partial charge on any atom is -0.438 e. The Morgan fingerprint density at radius 3 is 2.64 bits per heavy atom. The van der Waals surface area contributed by atoms with E-state index in [1.807, 2.05) is 6.92 Å². The molecule has 1 fully saturated rings. The minimum atomic E-state index is -0.802. The first-order valence-electron chi connectivity index (χ1n) is 8.18. The van der Waals surface area contributed by atoms with Gasteiger partial charge in [-0.25, -0.2) is 4.98 Å². The Balaban J connectivity index is 1.88. The number of amides is 1. The van der Waals surface area contributed by atoms with Crippen LogP contribution in [0, 0.1) is 11.3 Å². The molecule has 2 N–H and O–H groups in total. The van der Waals surface area contributed by atoms with E-state index in [1.165, 1.54) is 6.39 Å². The maximum absolute atomic E-state index is 12.1. The average molecular weight is 308 g/mol. The number of rotatable bonds is 4. The van der Waals surface area contributed by atoms with E-state index in [-0.39, 0.29) is 23.6 Å². The first kappa shape index (κ1) is 17.0. The molecule has 1 amide bonds. The Hall–Kier alpha value is -1.36. The van der Waals surface area contributed by atoms with Crippen LogP contribution in [0.2, 0.25) is 0 Å². The third-order valence-electron chi connectivity index (χ3n) is 4.90. The topological polar surface area (TPSA) is 75.4 Å². The van der Waals surface area contributed by atoms with Gasteiger partial charge in [-0.05, 0) is 43.4 Å². The van der Waals surface area contributed by atoms with Crippen molar-refractivity contribution in [3.8, 4) is 0 Å². The van der Waals surface area contributed by atoms with Gasteiger partial charge in [0.2, 0.25) is 5.76 Å². The number of aromatic nitrogens is 1. The van der Waals surface area contributed by atoms with Crippen molar-refractivity contribution in [1.29, 1.82) is 0 Å². The van der Waals surface area contributed by atoms with Crippen molar-refractivity contribution in [3.05, 3.63) is 17.8 Å². The molecule has 0 radical (unpaired) electrons. The molecule has 2 rings (SSSR count). The third kappa shape index (κ3) is 3.88. The first-order valence-corrected chi connectivity index (χ1v) is 8.18. The molecule has 5 nitrogen and oxygen atoms in total. The molecule has 1 heterocycles. The van der Waals surface area contributed by atoms with Crippen LogP contribution in [-0.4, -0.2) is 28.1 Å². The van der Waals surface area contributed by atoms with Crippen LogP contribution < -0.4 is 5.32 Å². The summed E-state index contributed by atoms with van der Waals surface area (Å²) in [5.74, 6) is 0.597. The summed E-state index contributed by atoms with van der Waals surface area (Å²) in [4.78, 5) is 16.2. The lowest BCUT2D eigenvalue weighted by Gasteiger charge is -2.41. The Morgan fingerprint density at radius 1 is 1.45 bits per heavy atom. The van der Waals surface area contributed by atoms with Crippen LogP contribution in [0.3, 0.4) is 0 Å². The van der Waals surface area contributed by atoms with Gasteiger partial charge in [0.1, 0.15) is 0 Å². The molecule has 124 valence electrons. The van der Waals surface area contributed by atoms with Crippen LogP contribution in [-0.2, 0) is 6.42 Å². The molecule has 1 aromatic rings. The van der Waals surface area contributed by atoms with Crippen molar-refractivity contribution in [2.45, 2.75) is 65.4 Å². The summed E-state index contributed by atoms with van der Waals surface area (Å²) in [5.41, 5.74) is 0.130. The van der Waals surface area contributed by atoms with Crippen molar-refractivity contribution < 1.29 is 14.3 Å². The average Bonchev–Trinajstić information content (AvgIpc) is 2.93. The summed E-state index contributed by atoms with van der Waals surface area (Å²) < 4.78 is 5.15. The highest BCUT2D eigenvalue weighted by molar-refractivity contribution is 5.92. The standard InChI is InChI=1S/C17H28N2O3/c1-5-13-14(22-11-19-13)15(20)18-10-17(21)8-6-12(7-9-17)16(2,3)4/h11-12,21H,5-10H2,1-4H3,(H,18,20). The Morgan fingerprint density at radius 2 is 2.09 bits per heavy atom. The van der Waals surface area contributed by atoms with E-state index < -0.39 is 5.60 Å². The lowest BCUT2D eigenvalue weighted by atomic mass is 9.68. The molecule has 0 saturated heterocycles. The van der Waals surface area contributed by atoms with E-state index >= 15 is 0 Å². The quantitative estimate of drug-likeness (QED) is 0.896. The number of hydrogen-bond donors (Lipinski definition) is 2. The van der Waals surface area contributed by atoms with Crippen LogP contribution >= 0.6 is 0 Å². The summed E-state index contributed by atoms with van der Waals surface area (Å²) in [7, 11) is 0. The van der Waals surface area contributed by atoms with Crippen molar-refractivity contribution in [3.63, 3.8) is 0 Å². The summed E-state index contributed by atoms with van der Waals surface area (Å²) in [6, 6.07) is 0. The molecule has 5 heteroatoms. The Kier molecular flexibility index (Phi) is 4.95. The first-order chi connectivity index (χ1) is 10.2. The smallest absolute Gasteiger partial charge is 0.289 e. The van der Waals surface area contributed by atoms with Crippen molar-refractivity contribution in [2.75, 3.05) is 6.54 Å². The van der Waals surface area contributed by atoms with E-state index in [9.17, 15) is 9.90 Å². The van der Waals surface area contributed by atoms with E-state index in [4.69, 9.17) is 4.42 Å². The number of hydrogen-bond acceptors (Lipinski definition) is 4. The van der Waals surface area contributed by atoms with Gasteiger partial charge in [0, 0.05) is 6.54 Å². The Bertz CT molecular complexity index is 508. The van der Waals surface area contributed by atoms with Gasteiger partial charge in [0.15, 0.2) is 6.39 Å². The SMILES string of the molecule is CCc1ncoc1C(=O)NCC1(O)CCC(C(C)(C)C)CC1. The number of nitrogens with one attached hydrogen (secondary N) is 1. The van der Waals surface area contributed by atoms with E-state index in [2.05, 4.69) is 31.1 Å². The van der Waals surface area contributed by atoms with Gasteiger partial charge in [-0.2, -0.15) is 0 Å². The zero-order valence-electron chi connectivity index (χ0n) is 14.1. The largest absolute Gasteiger partial charge is 0.438 e. The van der Waals surface area contributed by atoms with Crippen LogP contribution in [0.15, 0.2) is 10.8 Å². The monoisotopic (exact) mass is 308 g/mol. The molecule has 0 bridgehead atoms. The number of nitrogens with zero attached hydrogens (tertiary/aromatic N) is 1. The highest BCUT2D eigenvalue weighted by Gasteiger charge is 2.37. The fourth-order valence-electron chi connectivity index (χ4n) is 3.23. The number of aliphatic hydroxyl groups is 1. The van der Waals surface area contributed by atoms with Gasteiger partial charge >= 0.3 is 0 Å². The highest BCUT2D eigenvalue weighted by Crippen LogP contribution is 2.41. The lowest BCUT2D eigenvalue weighted by Crippen LogP contribution is -2.46. The van der Waals surface area contributed by atoms with E-state index in [1.54, 1.807) is 0 Å². The van der Waals surface area contributed by atoms with Crippen LogP contribution in [0.5, 0.6) is 0 Å². The van der Waals surface area contributed by atoms with Gasteiger partial charge in [-0.3, -0.25) is 4.79 Å². The van der Waals surface area contributed by atoms with Gasteiger partial charge in [-0.15, -0.1) is 0 Å². The zero-order valence-corrected chi connectivity index (χ0v) is 14.1. The molecular weight excluding hydrogens is 280 g/mol. The molecule has 1 aliphatic rings. The van der Waals surface area contributed by atoms with Crippen LogP contribution in [0.25, 0.3) is 0 Å². The predicted octanol–water partition coefficient (Wildman–Crippen LogP) is 2.93. The molecule has 0 aromatic carbocycles. The predicted molar refractivity (Wildman–Crippen MR) is 84.6 cm³/mol. The van der Waals surface area contributed by atoms with Crippen molar-refractivity contribution >= 4 is 5.91 Å². The van der Waals surface area contributed by atoms with Gasteiger partial charge in [-0.1, -0.05) is 27.7 Å². The molecule has 1 saturated carbocycles. The normalized spacial score (nSPS) is 26.0. The summed E-state index contributed by atoms with van der Waals surface area (Å²) in [6.07, 6.45) is 5.39. The lowest BCUT2D eigenvalue weighted by molar-refractivity contribution is -0.0230. The highest BCUT2D eigenvalue weighted by atomic mass is 16.3. The van der Waals surface area contributed by atoms with Crippen LogP contribution in [0.4, 0.5) is 0 Å². The third-order valence-corrected chi connectivity index (χ3v) is 4.90. The number of carbonyl (C=O) groups is 1. The Labute approximate surface area is 132 Å². The fourth-order valence-corrected chi connectivity index (χ4v) is 3.23. The summed E-state index contributed by atoms with van der Waals surface area (Å²) in [5, 5.41) is 13.5. The molecule has 1 aliphatic carbocycles. The van der Waals surface area contributed by atoms with Crippen molar-refractivity contribution in [2.24, 2.45) is 11.3 Å². The second-order valence-electron chi connectivity index (χ2n) is 7.53. The maximum atomic E-state index is 12.1. The van der Waals surface area contributed by atoms with E-state index in [0.717, 1.165) is 25.7 Å². The van der Waals surface area contributed by atoms with Gasteiger partial charge < -0.3 is 14.8 Å². The fraction of sp³-hybridized carbons (Fsp3) is 0.765. The molecule has 0 unspecified atom stereocenters. The molecule has 0 aliphatic heterocycles. The maximum Gasteiger partial charge on any atom is 0.289 e. The summed E-state index contributed by atoms with van der Waals surface area (Å²) >= 11 is 0. The molecule has 0 spiro atoms. The second-order valence-corrected chi connectivity index (χ2v) is 7.53. The van der Waals surface area contributed by atoms with Crippen molar-refractivity contribution in [1.82, 2.24) is 10.3 Å². The van der Waals surface area contributed by atoms with Gasteiger partial charge in [0.05, 0.1) is 11.3 Å². The molecule has 1 aromatic heterocycles. The molecular formula is C17H28N2O3. The number of carbonyl (C=O) groups excluding carboxylic acids is 1. The number of aryl methyl sites for hydroxylation is 1. The second kappa shape index (κ2) is 6.41. The molecule has 0 atom stereocenters. The van der Waals surface area contributed by atoms with Gasteiger partial charge in [0.25, 0.3) is 5.91 Å². The van der Waals surface area contributed by atoms with Crippen LogP contribution in [0.1, 0.15) is 69.6 Å². The number of oxazole rings is 1. The minimum absolute atomic E-state index is 0.259. The zero-order chi connectivity index (χ0) is 16.4. The molecule has 22 heavy (non-hydrogen) atoms.